The third-order valence-electron chi connectivity index (χ3n) is 2.87. The summed E-state index contributed by atoms with van der Waals surface area (Å²) in [6.45, 7) is 3.67. The maximum atomic E-state index is 12.5. The van der Waals surface area contributed by atoms with E-state index >= 15 is 0 Å². The Morgan fingerprint density at radius 3 is 2.47 bits per heavy atom. The number of aromatic nitrogens is 4. The molecule has 1 atom stereocenters. The molecule has 2 heterocycles. The van der Waals surface area contributed by atoms with Crippen LogP contribution in [-0.2, 0) is 7.05 Å². The average Bonchev–Trinajstić information content (AvgIpc) is 2.62. The molecule has 0 aliphatic carbocycles. The summed E-state index contributed by atoms with van der Waals surface area (Å²) in [5.41, 5.74) is 1.99. The molecule has 0 spiro atoms. The van der Waals surface area contributed by atoms with E-state index in [1.807, 2.05) is 13.8 Å². The standard InChI is InChI=1S/C12H12Br2N4O/c1-6-4-16-8(5-15-6)7(2)10(19)9-11(13)17-12(14)18(9)3/h4-5,7H,1-3H3. The zero-order valence-corrected chi connectivity index (χ0v) is 13.9. The highest BCUT2D eigenvalue weighted by atomic mass is 79.9. The van der Waals surface area contributed by atoms with E-state index in [1.54, 1.807) is 24.0 Å². The van der Waals surface area contributed by atoms with E-state index in [0.717, 1.165) is 5.69 Å². The van der Waals surface area contributed by atoms with Crippen LogP contribution in [-0.4, -0.2) is 25.3 Å². The number of imidazole rings is 1. The first kappa shape index (κ1) is 14.3. The zero-order valence-electron chi connectivity index (χ0n) is 10.7. The summed E-state index contributed by atoms with van der Waals surface area (Å²) in [5.74, 6) is -0.419. The highest BCUT2D eigenvalue weighted by Gasteiger charge is 2.25. The van der Waals surface area contributed by atoms with Gasteiger partial charge in [-0.25, -0.2) is 4.98 Å². The highest BCUT2D eigenvalue weighted by Crippen LogP contribution is 2.26. The molecular weight excluding hydrogens is 376 g/mol. The van der Waals surface area contributed by atoms with Gasteiger partial charge in [0, 0.05) is 19.4 Å². The van der Waals surface area contributed by atoms with Crippen molar-refractivity contribution in [3.8, 4) is 0 Å². The van der Waals surface area contributed by atoms with E-state index in [2.05, 4.69) is 46.8 Å². The van der Waals surface area contributed by atoms with E-state index in [9.17, 15) is 4.79 Å². The lowest BCUT2D eigenvalue weighted by molar-refractivity contribution is 0.0955. The molecule has 7 heteroatoms. The maximum Gasteiger partial charge on any atom is 0.190 e. The van der Waals surface area contributed by atoms with Crippen LogP contribution in [0.5, 0.6) is 0 Å². The number of hydrogen-bond donors (Lipinski definition) is 0. The van der Waals surface area contributed by atoms with Crippen LogP contribution in [0.4, 0.5) is 0 Å². The number of carbonyl (C=O) groups is 1. The fourth-order valence-electron chi connectivity index (χ4n) is 1.67. The Morgan fingerprint density at radius 1 is 1.32 bits per heavy atom. The van der Waals surface area contributed by atoms with Crippen LogP contribution < -0.4 is 0 Å². The van der Waals surface area contributed by atoms with Crippen molar-refractivity contribution in [2.45, 2.75) is 19.8 Å². The molecule has 19 heavy (non-hydrogen) atoms. The van der Waals surface area contributed by atoms with Gasteiger partial charge in [-0.05, 0) is 45.7 Å². The van der Waals surface area contributed by atoms with Gasteiger partial charge in [-0.1, -0.05) is 0 Å². The quantitative estimate of drug-likeness (QED) is 0.759. The predicted octanol–water partition coefficient (Wildman–Crippen LogP) is 3.03. The molecule has 0 aliphatic rings. The summed E-state index contributed by atoms with van der Waals surface area (Å²) in [7, 11) is 1.78. The SMILES string of the molecule is Cc1cnc(C(C)C(=O)c2c(Br)nc(Br)n2C)cn1. The lowest BCUT2D eigenvalue weighted by atomic mass is 10.0. The van der Waals surface area contributed by atoms with Crippen molar-refractivity contribution in [1.29, 1.82) is 0 Å². The van der Waals surface area contributed by atoms with Crippen molar-refractivity contribution in [2.75, 3.05) is 0 Å². The van der Waals surface area contributed by atoms with Gasteiger partial charge in [0.05, 0.1) is 17.3 Å². The van der Waals surface area contributed by atoms with E-state index < -0.39 is 0 Å². The van der Waals surface area contributed by atoms with Gasteiger partial charge in [-0.3, -0.25) is 14.8 Å². The van der Waals surface area contributed by atoms with Gasteiger partial charge in [0.25, 0.3) is 0 Å². The van der Waals surface area contributed by atoms with Gasteiger partial charge >= 0.3 is 0 Å². The van der Waals surface area contributed by atoms with Crippen molar-refractivity contribution >= 4 is 37.6 Å². The Morgan fingerprint density at radius 2 is 2.00 bits per heavy atom. The van der Waals surface area contributed by atoms with E-state index in [0.29, 0.717) is 20.7 Å². The molecule has 0 aromatic carbocycles. The summed E-state index contributed by atoms with van der Waals surface area (Å²) < 4.78 is 2.83. The number of aryl methyl sites for hydroxylation is 1. The minimum absolute atomic E-state index is 0.0503. The van der Waals surface area contributed by atoms with Gasteiger partial charge in [0.1, 0.15) is 10.3 Å². The Balaban J connectivity index is 2.36. The summed E-state index contributed by atoms with van der Waals surface area (Å²) in [4.78, 5) is 25.1. The first-order chi connectivity index (χ1) is 8.91. The molecule has 0 saturated heterocycles. The summed E-state index contributed by atoms with van der Waals surface area (Å²) in [5, 5.41) is 0. The number of carbonyl (C=O) groups excluding carboxylic acids is 1. The van der Waals surface area contributed by atoms with Crippen LogP contribution in [0.3, 0.4) is 0 Å². The molecule has 100 valence electrons. The van der Waals surface area contributed by atoms with E-state index in [-0.39, 0.29) is 11.7 Å². The second-order valence-electron chi connectivity index (χ2n) is 4.25. The van der Waals surface area contributed by atoms with E-state index in [1.165, 1.54) is 0 Å². The van der Waals surface area contributed by atoms with Gasteiger partial charge in [0.2, 0.25) is 0 Å². The molecule has 5 nitrogen and oxygen atoms in total. The first-order valence-corrected chi connectivity index (χ1v) is 7.21. The molecule has 0 fully saturated rings. The Labute approximate surface area is 127 Å². The van der Waals surface area contributed by atoms with Crippen molar-refractivity contribution in [1.82, 2.24) is 19.5 Å². The molecule has 0 saturated carbocycles. The Hall–Kier alpha value is -1.08. The third-order valence-corrected chi connectivity index (χ3v) is 4.13. The molecule has 2 rings (SSSR count). The molecular formula is C12H12Br2N4O. The normalized spacial score (nSPS) is 12.5. The number of ketones is 1. The van der Waals surface area contributed by atoms with Crippen molar-refractivity contribution in [3.05, 3.63) is 38.8 Å². The predicted molar refractivity (Wildman–Crippen MR) is 78.1 cm³/mol. The van der Waals surface area contributed by atoms with Crippen molar-refractivity contribution in [3.63, 3.8) is 0 Å². The largest absolute Gasteiger partial charge is 0.318 e. The monoisotopic (exact) mass is 386 g/mol. The molecule has 0 bridgehead atoms. The fourth-order valence-corrected chi connectivity index (χ4v) is 2.89. The fraction of sp³-hybridized carbons (Fsp3) is 0.333. The van der Waals surface area contributed by atoms with Crippen LogP contribution in [0, 0.1) is 6.92 Å². The van der Waals surface area contributed by atoms with E-state index in [4.69, 9.17) is 0 Å². The highest BCUT2D eigenvalue weighted by molar-refractivity contribution is 9.11. The van der Waals surface area contributed by atoms with Crippen LogP contribution in [0.25, 0.3) is 0 Å². The lowest BCUT2D eigenvalue weighted by Crippen LogP contribution is -2.15. The van der Waals surface area contributed by atoms with Gasteiger partial charge in [-0.15, -0.1) is 0 Å². The van der Waals surface area contributed by atoms with Crippen molar-refractivity contribution < 1.29 is 4.79 Å². The summed E-state index contributed by atoms with van der Waals surface area (Å²) in [6, 6.07) is 0. The molecule has 1 unspecified atom stereocenters. The minimum Gasteiger partial charge on any atom is -0.318 e. The number of Topliss-reactive ketones (excluding diaryl/α,β-unsaturated/α-hetero) is 1. The van der Waals surface area contributed by atoms with Gasteiger partial charge in [0.15, 0.2) is 10.5 Å². The number of nitrogens with zero attached hydrogens (tertiary/aromatic N) is 4. The van der Waals surface area contributed by atoms with Gasteiger partial charge < -0.3 is 4.57 Å². The van der Waals surface area contributed by atoms with Crippen LogP contribution >= 0.6 is 31.9 Å². The maximum absolute atomic E-state index is 12.5. The number of halogens is 2. The second kappa shape index (κ2) is 5.50. The Kier molecular flexibility index (Phi) is 4.15. The molecule has 0 N–H and O–H groups in total. The van der Waals surface area contributed by atoms with Crippen LogP contribution in [0.2, 0.25) is 0 Å². The van der Waals surface area contributed by atoms with Crippen molar-refractivity contribution in [2.24, 2.45) is 7.05 Å². The summed E-state index contributed by atoms with van der Waals surface area (Å²) in [6.07, 6.45) is 3.30. The van der Waals surface area contributed by atoms with Crippen LogP contribution in [0.15, 0.2) is 21.7 Å². The second-order valence-corrected chi connectivity index (χ2v) is 5.71. The smallest absolute Gasteiger partial charge is 0.190 e. The number of hydrogen-bond acceptors (Lipinski definition) is 4. The lowest BCUT2D eigenvalue weighted by Gasteiger charge is -2.10. The molecule has 0 aliphatic heterocycles. The minimum atomic E-state index is -0.369. The molecule has 0 amide bonds. The van der Waals surface area contributed by atoms with Crippen LogP contribution in [0.1, 0.15) is 34.7 Å². The third kappa shape index (κ3) is 2.76. The number of rotatable bonds is 3. The molecule has 2 aromatic heterocycles. The summed E-state index contributed by atoms with van der Waals surface area (Å²) >= 11 is 6.59. The topological polar surface area (TPSA) is 60.7 Å². The molecule has 0 radical (unpaired) electrons. The molecule has 2 aromatic rings. The average molecular weight is 388 g/mol. The van der Waals surface area contributed by atoms with Gasteiger partial charge in [-0.2, -0.15) is 0 Å². The first-order valence-electron chi connectivity index (χ1n) is 5.62. The Bertz CT molecular complexity index is 621. The zero-order chi connectivity index (χ0) is 14.2.